The molecule has 2 amide bonds. The summed E-state index contributed by atoms with van der Waals surface area (Å²) in [6.07, 6.45) is 9.12. The molecule has 0 fully saturated rings. The lowest BCUT2D eigenvalue weighted by molar-refractivity contribution is 0.252. The number of nitrogens with zero attached hydrogens (tertiary/aromatic N) is 3. The Bertz CT molecular complexity index is 1040. The van der Waals surface area contributed by atoms with Gasteiger partial charge in [0, 0.05) is 30.6 Å². The summed E-state index contributed by atoms with van der Waals surface area (Å²) in [6, 6.07) is 10.9. The quantitative estimate of drug-likeness (QED) is 0.468. The lowest BCUT2D eigenvalue weighted by Gasteiger charge is -2.16. The van der Waals surface area contributed by atoms with Crippen LogP contribution in [0.4, 0.5) is 16.3 Å². The molecule has 0 aliphatic rings. The van der Waals surface area contributed by atoms with Crippen molar-refractivity contribution in [3.63, 3.8) is 0 Å². The van der Waals surface area contributed by atoms with Crippen LogP contribution in [0.5, 0.6) is 5.75 Å². The van der Waals surface area contributed by atoms with Gasteiger partial charge in [-0.3, -0.25) is 4.98 Å². The van der Waals surface area contributed by atoms with E-state index in [0.717, 1.165) is 16.8 Å². The summed E-state index contributed by atoms with van der Waals surface area (Å²) in [5.74, 6) is 1.22. The Morgan fingerprint density at radius 3 is 2.81 bits per heavy atom. The fourth-order valence-corrected chi connectivity index (χ4v) is 3.03. The molecule has 1 aromatic carbocycles. The molecule has 31 heavy (non-hydrogen) atoms. The van der Waals surface area contributed by atoms with Gasteiger partial charge in [0.15, 0.2) is 0 Å². The van der Waals surface area contributed by atoms with Gasteiger partial charge in [0.05, 0.1) is 24.5 Å². The number of anilines is 2. The van der Waals surface area contributed by atoms with Crippen LogP contribution < -0.4 is 20.7 Å². The van der Waals surface area contributed by atoms with Gasteiger partial charge in [0.25, 0.3) is 0 Å². The molecule has 3 rings (SSSR count). The lowest BCUT2D eigenvalue weighted by Crippen LogP contribution is -2.28. The minimum absolute atomic E-state index is 0.0698. The molecule has 8 heteroatoms. The van der Waals surface area contributed by atoms with E-state index in [-0.39, 0.29) is 12.1 Å². The second kappa shape index (κ2) is 10.7. The maximum Gasteiger partial charge on any atom is 0.319 e. The van der Waals surface area contributed by atoms with Crippen LogP contribution >= 0.6 is 0 Å². The van der Waals surface area contributed by atoms with Crippen LogP contribution in [0.15, 0.2) is 67.3 Å². The molecular weight excluding hydrogens is 392 g/mol. The zero-order chi connectivity index (χ0) is 22.1. The molecule has 0 radical (unpaired) electrons. The summed E-state index contributed by atoms with van der Waals surface area (Å²) in [5, 5.41) is 8.89. The Hall–Kier alpha value is -3.94. The largest absolute Gasteiger partial charge is 0.495 e. The molecule has 0 saturated heterocycles. The van der Waals surface area contributed by atoms with Gasteiger partial charge in [0.2, 0.25) is 0 Å². The number of hydrogen-bond acceptors (Lipinski definition) is 6. The first-order chi connectivity index (χ1) is 15.1. The van der Waals surface area contributed by atoms with Crippen molar-refractivity contribution < 1.29 is 9.53 Å². The number of aromatic nitrogens is 3. The van der Waals surface area contributed by atoms with E-state index in [1.165, 1.54) is 6.33 Å². The number of pyridine rings is 1. The number of carbonyl (C=O) groups excluding carboxylic acids is 1. The van der Waals surface area contributed by atoms with Crippen molar-refractivity contribution in [2.45, 2.75) is 19.9 Å². The summed E-state index contributed by atoms with van der Waals surface area (Å²) in [5.41, 5.74) is 3.18. The minimum Gasteiger partial charge on any atom is -0.495 e. The monoisotopic (exact) mass is 418 g/mol. The molecule has 160 valence electrons. The summed E-state index contributed by atoms with van der Waals surface area (Å²) in [6.45, 7) is 4.37. The van der Waals surface area contributed by atoms with Gasteiger partial charge in [-0.15, -0.1) is 0 Å². The van der Waals surface area contributed by atoms with Gasteiger partial charge < -0.3 is 20.7 Å². The van der Waals surface area contributed by atoms with Gasteiger partial charge in [-0.1, -0.05) is 24.3 Å². The summed E-state index contributed by atoms with van der Waals surface area (Å²) in [7, 11) is 1.56. The Labute approximate surface area is 181 Å². The van der Waals surface area contributed by atoms with Crippen molar-refractivity contribution in [3.05, 3.63) is 72.8 Å². The Balaban J connectivity index is 1.84. The number of urea groups is 1. The van der Waals surface area contributed by atoms with Crippen LogP contribution in [-0.4, -0.2) is 34.6 Å². The van der Waals surface area contributed by atoms with E-state index in [4.69, 9.17) is 4.74 Å². The normalized spacial score (nSPS) is 11.7. The van der Waals surface area contributed by atoms with Gasteiger partial charge in [-0.2, -0.15) is 0 Å². The number of benzene rings is 1. The predicted octanol–water partition coefficient (Wildman–Crippen LogP) is 4.42. The zero-order valence-corrected chi connectivity index (χ0v) is 17.8. The van der Waals surface area contributed by atoms with Crippen LogP contribution in [0, 0.1) is 0 Å². The lowest BCUT2D eigenvalue weighted by atomic mass is 10.1. The van der Waals surface area contributed by atoms with Crippen molar-refractivity contribution in [2.75, 3.05) is 24.3 Å². The minimum atomic E-state index is -0.285. The third kappa shape index (κ3) is 5.79. The third-order valence-corrected chi connectivity index (χ3v) is 4.48. The Morgan fingerprint density at radius 1 is 1.23 bits per heavy atom. The Morgan fingerprint density at radius 2 is 2.10 bits per heavy atom. The first kappa shape index (κ1) is 21.8. The maximum atomic E-state index is 11.8. The van der Waals surface area contributed by atoms with Gasteiger partial charge in [-0.05, 0) is 37.6 Å². The Kier molecular flexibility index (Phi) is 7.53. The highest BCUT2D eigenvalue weighted by Crippen LogP contribution is 2.31. The van der Waals surface area contributed by atoms with Crippen LogP contribution in [0.2, 0.25) is 0 Å². The molecule has 3 aromatic rings. The molecule has 2 aromatic heterocycles. The molecular formula is C23H26N6O2. The standard InChI is InChI=1S/C23H26N6O2/c1-4-7-18(17-8-6-11-24-14-17)28-22-13-20(26-15-27-22)16-9-10-19(21(12-16)31-3)29-23(30)25-5-2/h4,6-15,18H,5H2,1-3H3,(H2,25,29,30)(H,26,27,28)/b7-4+/t18-/m0/s1. The number of carbonyl (C=O) groups is 1. The SMILES string of the molecule is C/C=C/[C@H](Nc1cc(-c2ccc(NC(=O)NCC)c(OC)c2)ncn1)c1cccnc1. The first-order valence-corrected chi connectivity index (χ1v) is 9.99. The predicted molar refractivity (Wildman–Crippen MR) is 122 cm³/mol. The second-order valence-corrected chi connectivity index (χ2v) is 6.62. The van der Waals surface area contributed by atoms with E-state index in [0.29, 0.717) is 23.8 Å². The highest BCUT2D eigenvalue weighted by atomic mass is 16.5. The summed E-state index contributed by atoms with van der Waals surface area (Å²) >= 11 is 0. The number of hydrogen-bond donors (Lipinski definition) is 3. The molecule has 0 unspecified atom stereocenters. The molecule has 8 nitrogen and oxygen atoms in total. The smallest absolute Gasteiger partial charge is 0.319 e. The number of allylic oxidation sites excluding steroid dienone is 1. The molecule has 0 aliphatic carbocycles. The van der Waals surface area contributed by atoms with E-state index < -0.39 is 0 Å². The van der Waals surface area contributed by atoms with Gasteiger partial charge >= 0.3 is 6.03 Å². The number of methoxy groups -OCH3 is 1. The van der Waals surface area contributed by atoms with Crippen molar-refractivity contribution in [1.82, 2.24) is 20.3 Å². The number of rotatable bonds is 8. The molecule has 1 atom stereocenters. The zero-order valence-electron chi connectivity index (χ0n) is 17.8. The highest BCUT2D eigenvalue weighted by Gasteiger charge is 2.12. The highest BCUT2D eigenvalue weighted by molar-refractivity contribution is 5.91. The maximum absolute atomic E-state index is 11.8. The van der Waals surface area contributed by atoms with Crippen molar-refractivity contribution in [3.8, 4) is 17.0 Å². The van der Waals surface area contributed by atoms with E-state index in [9.17, 15) is 4.79 Å². The van der Waals surface area contributed by atoms with Crippen molar-refractivity contribution >= 4 is 17.5 Å². The number of nitrogens with one attached hydrogen (secondary N) is 3. The molecule has 2 heterocycles. The summed E-state index contributed by atoms with van der Waals surface area (Å²) in [4.78, 5) is 24.8. The van der Waals surface area contributed by atoms with Crippen molar-refractivity contribution in [1.29, 1.82) is 0 Å². The molecule has 3 N–H and O–H groups in total. The second-order valence-electron chi connectivity index (χ2n) is 6.62. The topological polar surface area (TPSA) is 101 Å². The van der Waals surface area contributed by atoms with Gasteiger partial charge in [-0.25, -0.2) is 14.8 Å². The van der Waals surface area contributed by atoms with E-state index in [2.05, 4.69) is 30.9 Å². The van der Waals surface area contributed by atoms with Crippen molar-refractivity contribution in [2.24, 2.45) is 0 Å². The third-order valence-electron chi connectivity index (χ3n) is 4.48. The van der Waals surface area contributed by atoms with Gasteiger partial charge in [0.1, 0.15) is 17.9 Å². The van der Waals surface area contributed by atoms with Crippen LogP contribution in [-0.2, 0) is 0 Å². The van der Waals surface area contributed by atoms with E-state index in [1.807, 2.05) is 62.5 Å². The number of ether oxygens (including phenoxy) is 1. The van der Waals surface area contributed by atoms with Crippen LogP contribution in [0.3, 0.4) is 0 Å². The number of amides is 2. The van der Waals surface area contributed by atoms with E-state index in [1.54, 1.807) is 19.4 Å². The van der Waals surface area contributed by atoms with Crippen LogP contribution in [0.1, 0.15) is 25.5 Å². The van der Waals surface area contributed by atoms with E-state index >= 15 is 0 Å². The first-order valence-electron chi connectivity index (χ1n) is 9.99. The molecule has 0 bridgehead atoms. The fraction of sp³-hybridized carbons (Fsp3) is 0.217. The fourth-order valence-electron chi connectivity index (χ4n) is 3.03. The molecule has 0 aliphatic heterocycles. The van der Waals surface area contributed by atoms with Crippen LogP contribution in [0.25, 0.3) is 11.3 Å². The average molecular weight is 419 g/mol. The average Bonchev–Trinajstić information content (AvgIpc) is 2.80. The molecule has 0 spiro atoms. The summed E-state index contributed by atoms with van der Waals surface area (Å²) < 4.78 is 5.45. The molecule has 0 saturated carbocycles.